The lowest BCUT2D eigenvalue weighted by Crippen LogP contribution is -1.96. The van der Waals surface area contributed by atoms with Gasteiger partial charge < -0.3 is 15.3 Å². The Morgan fingerprint density at radius 2 is 1.83 bits per heavy atom. The molecule has 0 heterocycles. The van der Waals surface area contributed by atoms with E-state index in [9.17, 15) is 20.3 Å². The van der Waals surface area contributed by atoms with E-state index in [-0.39, 0.29) is 34.6 Å². The number of aromatic hydroxyl groups is 2. The average molecular weight is 321 g/mol. The number of carboxylic acid groups (broad SMARTS) is 1. The Morgan fingerprint density at radius 3 is 2.46 bits per heavy atom. The Hall–Kier alpha value is -3.52. The average Bonchev–Trinajstić information content (AvgIpc) is 2.57. The summed E-state index contributed by atoms with van der Waals surface area (Å²) in [6.07, 6.45) is 4.60. The van der Waals surface area contributed by atoms with E-state index in [1.54, 1.807) is 6.08 Å². The van der Waals surface area contributed by atoms with Gasteiger partial charge in [-0.2, -0.15) is 5.26 Å². The standard InChI is InChI=1S/C19H15NO4/c20-12-14(11-18(22)23)15-9-10-17(21)19(24)16(15)8-4-7-13-5-2-1-3-6-13/h1-7,9-11,21,24H,8H2,(H,22,23). The minimum absolute atomic E-state index is 0.0964. The molecule has 0 amide bonds. The van der Waals surface area contributed by atoms with Crippen LogP contribution >= 0.6 is 0 Å². The van der Waals surface area contributed by atoms with Crippen LogP contribution in [-0.2, 0) is 11.2 Å². The van der Waals surface area contributed by atoms with Crippen molar-refractivity contribution in [2.75, 3.05) is 0 Å². The fourth-order valence-corrected chi connectivity index (χ4v) is 2.25. The van der Waals surface area contributed by atoms with E-state index in [0.717, 1.165) is 11.6 Å². The molecule has 2 aromatic carbocycles. The molecule has 0 atom stereocenters. The normalized spacial score (nSPS) is 11.4. The van der Waals surface area contributed by atoms with Crippen LogP contribution < -0.4 is 0 Å². The summed E-state index contributed by atoms with van der Waals surface area (Å²) >= 11 is 0. The molecule has 0 aromatic heterocycles. The highest BCUT2D eigenvalue weighted by molar-refractivity contribution is 5.95. The van der Waals surface area contributed by atoms with E-state index in [0.29, 0.717) is 0 Å². The number of carboxylic acids is 1. The van der Waals surface area contributed by atoms with Crippen molar-refractivity contribution in [1.82, 2.24) is 0 Å². The van der Waals surface area contributed by atoms with Gasteiger partial charge in [0.15, 0.2) is 11.5 Å². The number of hydrogen-bond donors (Lipinski definition) is 3. The predicted molar refractivity (Wildman–Crippen MR) is 90.2 cm³/mol. The van der Waals surface area contributed by atoms with E-state index in [4.69, 9.17) is 5.11 Å². The fourth-order valence-electron chi connectivity index (χ4n) is 2.25. The molecule has 5 nitrogen and oxygen atoms in total. The van der Waals surface area contributed by atoms with Gasteiger partial charge in [0.05, 0.1) is 5.57 Å². The van der Waals surface area contributed by atoms with E-state index in [1.807, 2.05) is 42.5 Å². The first-order chi connectivity index (χ1) is 11.5. The van der Waals surface area contributed by atoms with Crippen molar-refractivity contribution < 1.29 is 20.1 Å². The number of phenols is 2. The molecule has 0 radical (unpaired) electrons. The molecule has 0 aliphatic rings. The molecule has 0 unspecified atom stereocenters. The van der Waals surface area contributed by atoms with Crippen LogP contribution in [0.1, 0.15) is 16.7 Å². The van der Waals surface area contributed by atoms with Crippen molar-refractivity contribution >= 4 is 17.6 Å². The second kappa shape index (κ2) is 7.65. The van der Waals surface area contributed by atoms with Gasteiger partial charge in [-0.15, -0.1) is 0 Å². The number of nitriles is 1. The Kier molecular flexibility index (Phi) is 5.37. The molecule has 0 bridgehead atoms. The Bertz CT molecular complexity index is 846. The monoisotopic (exact) mass is 321 g/mol. The highest BCUT2D eigenvalue weighted by Crippen LogP contribution is 2.35. The van der Waals surface area contributed by atoms with Crippen LogP contribution in [-0.4, -0.2) is 21.3 Å². The fraction of sp³-hybridized carbons (Fsp3) is 0.0526. The zero-order chi connectivity index (χ0) is 17.5. The summed E-state index contributed by atoms with van der Waals surface area (Å²) in [5, 5.41) is 37.8. The quantitative estimate of drug-likeness (QED) is 0.445. The number of allylic oxidation sites excluding steroid dienone is 2. The number of carbonyl (C=O) groups is 1. The topological polar surface area (TPSA) is 102 Å². The third-order valence-electron chi connectivity index (χ3n) is 3.37. The van der Waals surface area contributed by atoms with Crippen molar-refractivity contribution in [1.29, 1.82) is 5.26 Å². The molecule has 0 aliphatic heterocycles. The van der Waals surface area contributed by atoms with Crippen LogP contribution in [0.2, 0.25) is 0 Å². The second-order valence-electron chi connectivity index (χ2n) is 4.98. The Balaban J connectivity index is 2.41. The molecule has 0 aliphatic carbocycles. The molecule has 0 saturated heterocycles. The maximum absolute atomic E-state index is 10.9. The minimum Gasteiger partial charge on any atom is -0.504 e. The van der Waals surface area contributed by atoms with Crippen molar-refractivity contribution in [2.45, 2.75) is 6.42 Å². The van der Waals surface area contributed by atoms with Gasteiger partial charge in [-0.25, -0.2) is 4.79 Å². The summed E-state index contributed by atoms with van der Waals surface area (Å²) in [5.41, 5.74) is 1.42. The third kappa shape index (κ3) is 4.02. The molecule has 2 rings (SSSR count). The zero-order valence-electron chi connectivity index (χ0n) is 12.7. The van der Waals surface area contributed by atoms with Crippen LogP contribution in [0.5, 0.6) is 11.5 Å². The third-order valence-corrected chi connectivity index (χ3v) is 3.37. The zero-order valence-corrected chi connectivity index (χ0v) is 12.7. The SMILES string of the molecule is N#CC(=CC(=O)O)c1ccc(O)c(O)c1CC=Cc1ccccc1. The smallest absolute Gasteiger partial charge is 0.329 e. The summed E-state index contributed by atoms with van der Waals surface area (Å²) in [7, 11) is 0. The number of phenolic OH excluding ortho intramolecular Hbond substituents is 2. The first kappa shape index (κ1) is 16.8. The molecule has 5 heteroatoms. The van der Waals surface area contributed by atoms with Gasteiger partial charge in [0.1, 0.15) is 6.07 Å². The van der Waals surface area contributed by atoms with E-state index in [1.165, 1.54) is 12.1 Å². The maximum Gasteiger partial charge on any atom is 0.329 e. The first-order valence-electron chi connectivity index (χ1n) is 7.13. The summed E-state index contributed by atoms with van der Waals surface area (Å²) in [6, 6.07) is 13.9. The number of hydrogen-bond acceptors (Lipinski definition) is 4. The number of nitrogens with zero attached hydrogens (tertiary/aromatic N) is 1. The second-order valence-corrected chi connectivity index (χ2v) is 4.98. The van der Waals surface area contributed by atoms with Gasteiger partial charge in [-0.05, 0) is 29.7 Å². The van der Waals surface area contributed by atoms with Gasteiger partial charge in [-0.3, -0.25) is 0 Å². The molecule has 120 valence electrons. The van der Waals surface area contributed by atoms with Crippen LogP contribution in [0.3, 0.4) is 0 Å². The molecule has 24 heavy (non-hydrogen) atoms. The van der Waals surface area contributed by atoms with Crippen LogP contribution in [0.15, 0.2) is 54.6 Å². The summed E-state index contributed by atoms with van der Waals surface area (Å²) in [5.74, 6) is -1.95. The predicted octanol–water partition coefficient (Wildman–Crippen LogP) is 3.35. The largest absolute Gasteiger partial charge is 0.504 e. The summed E-state index contributed by atoms with van der Waals surface area (Å²) < 4.78 is 0. The van der Waals surface area contributed by atoms with Gasteiger partial charge >= 0.3 is 5.97 Å². The minimum atomic E-state index is -1.26. The molecule has 0 saturated carbocycles. The number of aliphatic carboxylic acids is 1. The van der Waals surface area contributed by atoms with Crippen molar-refractivity contribution in [3.05, 3.63) is 71.3 Å². The van der Waals surface area contributed by atoms with Gasteiger partial charge in [-0.1, -0.05) is 42.5 Å². The van der Waals surface area contributed by atoms with Gasteiger partial charge in [0.2, 0.25) is 0 Å². The van der Waals surface area contributed by atoms with Crippen molar-refractivity contribution in [2.24, 2.45) is 0 Å². The maximum atomic E-state index is 10.9. The van der Waals surface area contributed by atoms with Crippen LogP contribution in [0, 0.1) is 11.3 Å². The lowest BCUT2D eigenvalue weighted by Gasteiger charge is -2.10. The van der Waals surface area contributed by atoms with E-state index in [2.05, 4.69) is 0 Å². The lowest BCUT2D eigenvalue weighted by atomic mass is 9.96. The summed E-state index contributed by atoms with van der Waals surface area (Å²) in [6.45, 7) is 0. The highest BCUT2D eigenvalue weighted by Gasteiger charge is 2.15. The molecular weight excluding hydrogens is 306 g/mol. The van der Waals surface area contributed by atoms with Crippen molar-refractivity contribution in [3.8, 4) is 17.6 Å². The molecular formula is C19H15NO4. The molecule has 0 fully saturated rings. The van der Waals surface area contributed by atoms with E-state index >= 15 is 0 Å². The summed E-state index contributed by atoms with van der Waals surface area (Å²) in [4.78, 5) is 10.9. The van der Waals surface area contributed by atoms with Crippen molar-refractivity contribution in [3.63, 3.8) is 0 Å². The molecule has 3 N–H and O–H groups in total. The molecule has 0 spiro atoms. The molecule has 2 aromatic rings. The van der Waals surface area contributed by atoms with Crippen LogP contribution in [0.25, 0.3) is 11.6 Å². The van der Waals surface area contributed by atoms with E-state index < -0.39 is 5.97 Å². The van der Waals surface area contributed by atoms with Gasteiger partial charge in [0, 0.05) is 11.6 Å². The Labute approximate surface area is 139 Å². The lowest BCUT2D eigenvalue weighted by molar-refractivity contribution is -0.131. The van der Waals surface area contributed by atoms with Gasteiger partial charge in [0.25, 0.3) is 0 Å². The Morgan fingerprint density at radius 1 is 1.12 bits per heavy atom. The van der Waals surface area contributed by atoms with Crippen LogP contribution in [0.4, 0.5) is 0 Å². The first-order valence-corrected chi connectivity index (χ1v) is 7.13. The number of benzene rings is 2. The number of rotatable bonds is 5. The highest BCUT2D eigenvalue weighted by atomic mass is 16.4.